The van der Waals surface area contributed by atoms with Crippen molar-refractivity contribution >= 4 is 28.2 Å². The number of carbonyl (C=O) groups excluding carboxylic acids is 2. The van der Waals surface area contributed by atoms with E-state index in [1.54, 1.807) is 29.5 Å². The van der Waals surface area contributed by atoms with Crippen LogP contribution >= 0.6 is 11.3 Å². The highest BCUT2D eigenvalue weighted by Gasteiger charge is 2.32. The molecular weight excluding hydrogens is 443 g/mol. The zero-order valence-corrected chi connectivity index (χ0v) is 18.9. The van der Waals surface area contributed by atoms with Crippen LogP contribution in [0.25, 0.3) is 0 Å². The van der Waals surface area contributed by atoms with Gasteiger partial charge in [-0.15, -0.1) is 11.3 Å². The van der Waals surface area contributed by atoms with Gasteiger partial charge in [0, 0.05) is 4.88 Å². The molecule has 1 amide bonds. The lowest BCUT2D eigenvalue weighted by molar-refractivity contribution is 0.0728. The minimum absolute atomic E-state index is 0.0714. The number of ether oxygens (including phenoxy) is 2. The molecule has 0 spiro atoms. The summed E-state index contributed by atoms with van der Waals surface area (Å²) in [7, 11) is 0. The molecule has 5 rings (SSSR count). The fourth-order valence-electron chi connectivity index (χ4n) is 4.25. The van der Waals surface area contributed by atoms with Crippen LogP contribution in [-0.4, -0.2) is 18.5 Å². The molecule has 0 radical (unpaired) electrons. The van der Waals surface area contributed by atoms with Crippen molar-refractivity contribution in [2.24, 2.45) is 0 Å². The molecular formula is C25H23FN2O4S. The van der Waals surface area contributed by atoms with Gasteiger partial charge in [-0.25, -0.2) is 9.18 Å². The molecule has 0 saturated heterocycles. The summed E-state index contributed by atoms with van der Waals surface area (Å²) >= 11 is 1.67. The smallest absolute Gasteiger partial charge is 0.343 e. The van der Waals surface area contributed by atoms with E-state index in [1.807, 2.05) is 6.92 Å². The number of nitrogens with one attached hydrogen (secondary N) is 2. The summed E-state index contributed by atoms with van der Waals surface area (Å²) in [4.78, 5) is 26.7. The first-order valence-corrected chi connectivity index (χ1v) is 11.8. The predicted octanol–water partition coefficient (Wildman–Crippen LogP) is 5.24. The Morgan fingerprint density at radius 1 is 1.09 bits per heavy atom. The van der Waals surface area contributed by atoms with Crippen LogP contribution in [0.1, 0.15) is 62.7 Å². The molecule has 1 aliphatic heterocycles. The molecule has 2 N–H and O–H groups in total. The van der Waals surface area contributed by atoms with E-state index in [0.29, 0.717) is 12.4 Å². The van der Waals surface area contributed by atoms with Gasteiger partial charge in [0.2, 0.25) is 0 Å². The van der Waals surface area contributed by atoms with E-state index >= 15 is 0 Å². The van der Waals surface area contributed by atoms with E-state index in [1.165, 1.54) is 34.7 Å². The van der Waals surface area contributed by atoms with Gasteiger partial charge < -0.3 is 20.1 Å². The van der Waals surface area contributed by atoms with Crippen LogP contribution in [-0.2, 0) is 12.8 Å². The summed E-state index contributed by atoms with van der Waals surface area (Å²) < 4.78 is 24.4. The first-order chi connectivity index (χ1) is 16.0. The van der Waals surface area contributed by atoms with Crippen molar-refractivity contribution in [3.05, 3.63) is 75.4 Å². The van der Waals surface area contributed by atoms with Crippen LogP contribution in [0, 0.1) is 5.82 Å². The fraction of sp³-hybridized carbons (Fsp3) is 0.280. The maximum Gasteiger partial charge on any atom is 0.343 e. The molecule has 2 aliphatic rings. The Morgan fingerprint density at radius 3 is 2.67 bits per heavy atom. The Hall–Kier alpha value is -3.39. The average molecular weight is 467 g/mol. The maximum atomic E-state index is 13.1. The molecule has 6 nitrogen and oxygen atoms in total. The molecule has 3 aromatic rings. The zero-order chi connectivity index (χ0) is 22.9. The molecule has 1 unspecified atom stereocenters. The van der Waals surface area contributed by atoms with Gasteiger partial charge in [-0.3, -0.25) is 4.79 Å². The van der Waals surface area contributed by atoms with Gasteiger partial charge in [-0.1, -0.05) is 6.07 Å². The van der Waals surface area contributed by atoms with Crippen molar-refractivity contribution in [1.29, 1.82) is 0 Å². The number of fused-ring (bicyclic) bond motifs is 3. The second-order valence-electron chi connectivity index (χ2n) is 8.00. The van der Waals surface area contributed by atoms with Crippen molar-refractivity contribution in [3.8, 4) is 11.5 Å². The van der Waals surface area contributed by atoms with E-state index < -0.39 is 18.0 Å². The molecule has 2 aromatic carbocycles. The highest BCUT2D eigenvalue weighted by molar-refractivity contribution is 7.16. The standard InChI is InChI=1S/C25H23FN2O4S/c1-2-31-19-13-15(9-12-18(19)32-25(30)14-7-10-16(26)11-8-14)22-27-23(29)21-17-5-3-4-6-20(17)33-24(21)28-22/h7-13,22,28H,2-6H2,1H3,(H,27,29). The summed E-state index contributed by atoms with van der Waals surface area (Å²) in [6.07, 6.45) is 3.82. The quantitative estimate of drug-likeness (QED) is 0.397. The van der Waals surface area contributed by atoms with Gasteiger partial charge in [-0.2, -0.15) is 0 Å². The summed E-state index contributed by atoms with van der Waals surface area (Å²) in [5.74, 6) is -0.468. The third kappa shape index (κ3) is 4.18. The highest BCUT2D eigenvalue weighted by Crippen LogP contribution is 2.42. The van der Waals surface area contributed by atoms with Gasteiger partial charge in [0.15, 0.2) is 11.5 Å². The number of esters is 1. The Bertz CT molecular complexity index is 1220. The number of halogens is 1. The van der Waals surface area contributed by atoms with Gasteiger partial charge in [0.1, 0.15) is 17.0 Å². The number of hydrogen-bond donors (Lipinski definition) is 2. The Balaban J connectivity index is 1.39. The second kappa shape index (κ2) is 8.86. The molecule has 8 heteroatoms. The lowest BCUT2D eigenvalue weighted by Crippen LogP contribution is -2.38. The molecule has 1 atom stereocenters. The van der Waals surface area contributed by atoms with Crippen molar-refractivity contribution in [1.82, 2.24) is 5.32 Å². The first kappa shape index (κ1) is 21.5. The number of thiophene rings is 1. The van der Waals surface area contributed by atoms with Crippen LogP contribution in [0.15, 0.2) is 42.5 Å². The van der Waals surface area contributed by atoms with Gasteiger partial charge in [0.25, 0.3) is 5.91 Å². The van der Waals surface area contributed by atoms with Gasteiger partial charge in [-0.05, 0) is 80.1 Å². The summed E-state index contributed by atoms with van der Waals surface area (Å²) in [6.45, 7) is 2.21. The summed E-state index contributed by atoms with van der Waals surface area (Å²) in [5.41, 5.74) is 2.98. The molecule has 1 aromatic heterocycles. The number of hydrogen-bond acceptors (Lipinski definition) is 6. The van der Waals surface area contributed by atoms with Gasteiger partial charge >= 0.3 is 5.97 Å². The lowest BCUT2D eigenvalue weighted by Gasteiger charge is -2.27. The van der Waals surface area contributed by atoms with Crippen molar-refractivity contribution in [2.45, 2.75) is 38.8 Å². The van der Waals surface area contributed by atoms with E-state index in [2.05, 4.69) is 10.6 Å². The second-order valence-corrected chi connectivity index (χ2v) is 9.11. The molecule has 0 fully saturated rings. The van der Waals surface area contributed by atoms with E-state index in [-0.39, 0.29) is 17.2 Å². The topological polar surface area (TPSA) is 76.7 Å². The van der Waals surface area contributed by atoms with Crippen LogP contribution in [0.4, 0.5) is 9.39 Å². The Morgan fingerprint density at radius 2 is 1.88 bits per heavy atom. The molecule has 0 bridgehead atoms. The van der Waals surface area contributed by atoms with Crippen LogP contribution in [0.3, 0.4) is 0 Å². The minimum Gasteiger partial charge on any atom is -0.490 e. The highest BCUT2D eigenvalue weighted by atomic mass is 32.1. The third-order valence-corrected chi connectivity index (χ3v) is 7.06. The molecule has 170 valence electrons. The van der Waals surface area contributed by atoms with Gasteiger partial charge in [0.05, 0.1) is 17.7 Å². The number of amides is 1. The fourth-order valence-corrected chi connectivity index (χ4v) is 5.56. The number of anilines is 1. The largest absolute Gasteiger partial charge is 0.490 e. The van der Waals surface area contributed by atoms with Crippen molar-refractivity contribution < 1.29 is 23.5 Å². The van der Waals surface area contributed by atoms with Crippen molar-refractivity contribution in [2.75, 3.05) is 11.9 Å². The van der Waals surface area contributed by atoms with Crippen molar-refractivity contribution in [3.63, 3.8) is 0 Å². The van der Waals surface area contributed by atoms with E-state index in [0.717, 1.165) is 41.8 Å². The normalized spacial score (nSPS) is 16.8. The molecule has 1 aliphatic carbocycles. The maximum absolute atomic E-state index is 13.1. The Labute approximate surface area is 194 Å². The first-order valence-electron chi connectivity index (χ1n) is 11.0. The number of carbonyl (C=O) groups is 2. The SMILES string of the molecule is CCOc1cc(C2NC(=O)c3c(sc4c3CCCC4)N2)ccc1OC(=O)c1ccc(F)cc1. The van der Waals surface area contributed by atoms with E-state index in [4.69, 9.17) is 9.47 Å². The lowest BCUT2D eigenvalue weighted by atomic mass is 9.94. The molecule has 2 heterocycles. The van der Waals surface area contributed by atoms with Crippen LogP contribution in [0.2, 0.25) is 0 Å². The average Bonchev–Trinajstić information content (AvgIpc) is 3.20. The predicted molar refractivity (Wildman–Crippen MR) is 124 cm³/mol. The van der Waals surface area contributed by atoms with Crippen LogP contribution < -0.4 is 20.1 Å². The zero-order valence-electron chi connectivity index (χ0n) is 18.1. The number of aryl methyl sites for hydroxylation is 1. The molecule has 33 heavy (non-hydrogen) atoms. The third-order valence-electron chi connectivity index (χ3n) is 5.83. The molecule has 0 saturated carbocycles. The monoisotopic (exact) mass is 466 g/mol. The minimum atomic E-state index is -0.610. The summed E-state index contributed by atoms with van der Waals surface area (Å²) in [6, 6.07) is 10.3. The Kier molecular flexibility index (Phi) is 5.76. The number of rotatable bonds is 5. The van der Waals surface area contributed by atoms with Crippen LogP contribution in [0.5, 0.6) is 11.5 Å². The summed E-state index contributed by atoms with van der Waals surface area (Å²) in [5, 5.41) is 7.40. The number of benzene rings is 2. The van der Waals surface area contributed by atoms with E-state index in [9.17, 15) is 14.0 Å².